The Kier molecular flexibility index (Phi) is 7.60. The Morgan fingerprint density at radius 2 is 0.929 bits per heavy atom. The smallest absolute Gasteiger partial charge is 0.0354 e. The Hall–Kier alpha value is 0. The molecule has 88 valence electrons. The lowest BCUT2D eigenvalue weighted by atomic mass is 10.0. The molecule has 0 aromatic rings. The van der Waals surface area contributed by atoms with Crippen LogP contribution in [0.4, 0.5) is 0 Å². The zero-order valence-corrected chi connectivity index (χ0v) is 12.0. The van der Waals surface area contributed by atoms with E-state index < -0.39 is 0 Å². The van der Waals surface area contributed by atoms with Gasteiger partial charge in [-0.2, -0.15) is 0 Å². The fourth-order valence-electron chi connectivity index (χ4n) is 0.250. The summed E-state index contributed by atoms with van der Waals surface area (Å²) in [5.41, 5.74) is 1.25. The predicted molar refractivity (Wildman–Crippen MR) is 68.7 cm³/mol. The van der Waals surface area contributed by atoms with Crippen molar-refractivity contribution in [1.82, 2.24) is 0 Å². The lowest BCUT2D eigenvalue weighted by Crippen LogP contribution is -1.93. The predicted octanol–water partition coefficient (Wildman–Crippen LogP) is 5.52. The van der Waals surface area contributed by atoms with Crippen LogP contribution in [0.15, 0.2) is 0 Å². The summed E-state index contributed by atoms with van der Waals surface area (Å²) in [5, 5.41) is 0. The Morgan fingerprint density at radius 3 is 0.929 bits per heavy atom. The summed E-state index contributed by atoms with van der Waals surface area (Å²) in [6.07, 6.45) is 2.90. The summed E-state index contributed by atoms with van der Waals surface area (Å²) in [6, 6.07) is 0. The van der Waals surface area contributed by atoms with E-state index in [1.807, 2.05) is 0 Å². The van der Waals surface area contributed by atoms with Gasteiger partial charge in [-0.3, -0.25) is 0 Å². The first kappa shape index (κ1) is 16.4. The Morgan fingerprint density at radius 1 is 0.857 bits per heavy atom. The largest absolute Gasteiger partial charge is 0.0630 e. The highest BCUT2D eigenvalue weighted by Crippen LogP contribution is 2.43. The lowest BCUT2D eigenvalue weighted by molar-refractivity contribution is 0.469. The third-order valence-electron chi connectivity index (χ3n) is 1.25. The van der Waals surface area contributed by atoms with Gasteiger partial charge in [-0.25, -0.2) is 0 Å². The van der Waals surface area contributed by atoms with Crippen LogP contribution in [0.2, 0.25) is 0 Å². The van der Waals surface area contributed by atoms with Crippen LogP contribution in [0.25, 0.3) is 0 Å². The van der Waals surface area contributed by atoms with Crippen molar-refractivity contribution in [3.8, 4) is 0 Å². The van der Waals surface area contributed by atoms with Crippen LogP contribution in [-0.4, -0.2) is 0 Å². The van der Waals surface area contributed by atoms with E-state index in [-0.39, 0.29) is 0 Å². The Bertz CT molecular complexity index is 105. The molecule has 1 fully saturated rings. The zero-order chi connectivity index (χ0) is 12.0. The minimum absolute atomic E-state index is 0.500. The molecule has 0 aliphatic heterocycles. The lowest BCUT2D eigenvalue weighted by Gasteiger charge is -2.05. The molecule has 0 N–H and O–H groups in total. The van der Waals surface area contributed by atoms with Crippen LogP contribution in [0.3, 0.4) is 0 Å². The molecule has 0 nitrogen and oxygen atoms in total. The molecular formula is C14H32. The molecule has 1 saturated carbocycles. The molecule has 0 heteroatoms. The zero-order valence-electron chi connectivity index (χ0n) is 12.0. The molecule has 0 aromatic carbocycles. The molecule has 0 bridgehead atoms. The first-order valence-electron chi connectivity index (χ1n) is 5.94. The van der Waals surface area contributed by atoms with Gasteiger partial charge < -0.3 is 0 Å². The van der Waals surface area contributed by atoms with Gasteiger partial charge in [-0.15, -0.1) is 0 Å². The summed E-state index contributed by atoms with van der Waals surface area (Å²) in [5.74, 6) is 0.833. The maximum atomic E-state index is 2.30. The number of rotatable bonds is 0. The number of hydrogen-bond donors (Lipinski definition) is 0. The quantitative estimate of drug-likeness (QED) is 0.483. The molecule has 0 aromatic heterocycles. The van der Waals surface area contributed by atoms with Crippen molar-refractivity contribution >= 4 is 0 Å². The van der Waals surface area contributed by atoms with Gasteiger partial charge in [0.2, 0.25) is 0 Å². The van der Waals surface area contributed by atoms with Crippen molar-refractivity contribution < 1.29 is 0 Å². The van der Waals surface area contributed by atoms with E-state index in [2.05, 4.69) is 62.3 Å². The first-order valence-corrected chi connectivity index (χ1v) is 5.94. The van der Waals surface area contributed by atoms with Crippen LogP contribution in [0.1, 0.15) is 75.2 Å². The summed E-state index contributed by atoms with van der Waals surface area (Å²) < 4.78 is 0. The summed E-state index contributed by atoms with van der Waals surface area (Å²) in [6.45, 7) is 19.8. The molecule has 0 atom stereocenters. The summed E-state index contributed by atoms with van der Waals surface area (Å²) >= 11 is 0. The second kappa shape index (κ2) is 6.48. The molecule has 0 unspecified atom stereocenters. The first-order chi connectivity index (χ1) is 5.94. The maximum Gasteiger partial charge on any atom is -0.0354 e. The van der Waals surface area contributed by atoms with Crippen molar-refractivity contribution in [1.29, 1.82) is 0 Å². The molecule has 0 radical (unpaired) electrons. The highest BCUT2D eigenvalue weighted by molar-refractivity contribution is 4.82. The maximum absolute atomic E-state index is 2.30. The van der Waals surface area contributed by atoms with Gasteiger partial charge in [0, 0.05) is 0 Å². The van der Waals surface area contributed by atoms with Gasteiger partial charge in [-0.1, -0.05) is 62.3 Å². The van der Waals surface area contributed by atoms with Gasteiger partial charge in [0.05, 0.1) is 0 Å². The highest BCUT2D eigenvalue weighted by Gasteiger charge is 2.30. The van der Waals surface area contributed by atoms with Gasteiger partial charge >= 0.3 is 0 Å². The third-order valence-corrected chi connectivity index (χ3v) is 1.25. The van der Waals surface area contributed by atoms with Crippen LogP contribution in [0, 0.1) is 16.7 Å². The Balaban J connectivity index is 0. The minimum atomic E-state index is 0.500. The Labute approximate surface area is 92.5 Å². The van der Waals surface area contributed by atoms with Crippen LogP contribution in [-0.2, 0) is 0 Å². The van der Waals surface area contributed by atoms with Crippen molar-refractivity contribution in [2.24, 2.45) is 16.7 Å². The molecule has 0 heterocycles. The standard InChI is InChI=1S/C5H10.C5H12.C4H10/c1-5(2)3-4-5;1-5(2,3)4;1-4(2)3/h3-4H2,1-2H3;1-4H3;4H,1-3H3. The third kappa shape index (κ3) is 58.1. The van der Waals surface area contributed by atoms with E-state index >= 15 is 0 Å². The SMILES string of the molecule is CC(C)(C)C.CC(C)C.CC1(C)CC1. The summed E-state index contributed by atoms with van der Waals surface area (Å²) in [4.78, 5) is 0. The fourth-order valence-corrected chi connectivity index (χ4v) is 0.250. The van der Waals surface area contributed by atoms with E-state index in [1.54, 1.807) is 0 Å². The van der Waals surface area contributed by atoms with E-state index in [1.165, 1.54) is 12.8 Å². The average Bonchev–Trinajstić information content (AvgIpc) is 2.38. The molecule has 0 spiro atoms. The molecule has 1 aliphatic carbocycles. The summed E-state index contributed by atoms with van der Waals surface area (Å²) in [7, 11) is 0. The number of hydrogen-bond acceptors (Lipinski definition) is 0. The topological polar surface area (TPSA) is 0 Å². The normalized spacial score (nSPS) is 17.6. The second-order valence-corrected chi connectivity index (χ2v) is 7.40. The van der Waals surface area contributed by atoms with Crippen molar-refractivity contribution in [2.45, 2.75) is 75.2 Å². The van der Waals surface area contributed by atoms with Crippen LogP contribution < -0.4 is 0 Å². The van der Waals surface area contributed by atoms with E-state index in [4.69, 9.17) is 0 Å². The molecular weight excluding hydrogens is 168 g/mol. The van der Waals surface area contributed by atoms with Crippen molar-refractivity contribution in [2.75, 3.05) is 0 Å². The van der Waals surface area contributed by atoms with E-state index in [9.17, 15) is 0 Å². The van der Waals surface area contributed by atoms with Gasteiger partial charge in [0.1, 0.15) is 0 Å². The second-order valence-electron chi connectivity index (χ2n) is 7.40. The van der Waals surface area contributed by atoms with Gasteiger partial charge in [0.15, 0.2) is 0 Å². The fraction of sp³-hybridized carbons (Fsp3) is 1.00. The molecule has 1 rings (SSSR count). The highest BCUT2D eigenvalue weighted by atomic mass is 14.4. The van der Waals surface area contributed by atoms with Crippen LogP contribution in [0.5, 0.6) is 0 Å². The molecule has 14 heavy (non-hydrogen) atoms. The van der Waals surface area contributed by atoms with Gasteiger partial charge in [0.25, 0.3) is 0 Å². The van der Waals surface area contributed by atoms with Gasteiger partial charge in [-0.05, 0) is 29.6 Å². The molecule has 0 amide bonds. The van der Waals surface area contributed by atoms with E-state index in [0.717, 1.165) is 11.3 Å². The van der Waals surface area contributed by atoms with E-state index in [0.29, 0.717) is 5.41 Å². The average molecular weight is 200 g/mol. The minimum Gasteiger partial charge on any atom is -0.0630 e. The van der Waals surface area contributed by atoms with Crippen LogP contribution >= 0.6 is 0 Å². The monoisotopic (exact) mass is 200 g/mol. The van der Waals surface area contributed by atoms with Crippen molar-refractivity contribution in [3.05, 3.63) is 0 Å². The molecule has 1 aliphatic rings. The molecule has 0 saturated heterocycles. The van der Waals surface area contributed by atoms with Crippen molar-refractivity contribution in [3.63, 3.8) is 0 Å².